The van der Waals surface area contributed by atoms with Crippen LogP contribution in [0.15, 0.2) is 194 Å². The second-order valence-electron chi connectivity index (χ2n) is 21.4. The second kappa shape index (κ2) is 17.7. The fourth-order valence-corrected chi connectivity index (χ4v) is 12.6. The molecular formula is C64H64N2Si2. The number of benzene rings is 10. The van der Waals surface area contributed by atoms with Gasteiger partial charge in [-0.3, -0.25) is 0 Å². The van der Waals surface area contributed by atoms with Gasteiger partial charge in [0.25, 0.3) is 0 Å². The highest BCUT2D eigenvalue weighted by Gasteiger charge is 2.27. The average Bonchev–Trinajstić information content (AvgIpc) is 3.34. The minimum Gasteiger partial charge on any atom is -0.310 e. The molecule has 0 radical (unpaired) electrons. The van der Waals surface area contributed by atoms with E-state index in [2.05, 4.69) is 271 Å². The van der Waals surface area contributed by atoms with Gasteiger partial charge in [-0.1, -0.05) is 211 Å². The zero-order valence-corrected chi connectivity index (χ0v) is 43.5. The summed E-state index contributed by atoms with van der Waals surface area (Å²) in [6.07, 6.45) is 0. The molecule has 0 atom stereocenters. The Hall–Kier alpha value is -6.73. The first-order valence-electron chi connectivity index (χ1n) is 24.6. The third-order valence-corrected chi connectivity index (χ3v) is 18.2. The molecule has 0 heterocycles. The van der Waals surface area contributed by atoms with Gasteiger partial charge in [0, 0.05) is 33.5 Å². The number of nitrogens with zero attached hydrogens (tertiary/aromatic N) is 2. The van der Waals surface area contributed by atoms with Crippen molar-refractivity contribution >= 4 is 93.0 Å². The zero-order valence-electron chi connectivity index (χ0n) is 41.5. The molecule has 0 aromatic heterocycles. The summed E-state index contributed by atoms with van der Waals surface area (Å²) in [5.74, 6) is 0.590. The maximum absolute atomic E-state index is 2.52. The molecule has 10 rings (SSSR count). The van der Waals surface area contributed by atoms with Crippen molar-refractivity contribution in [2.45, 2.75) is 78.8 Å². The van der Waals surface area contributed by atoms with E-state index in [1.54, 1.807) is 0 Å². The van der Waals surface area contributed by atoms with E-state index in [1.165, 1.54) is 98.8 Å². The van der Waals surface area contributed by atoms with Gasteiger partial charge in [-0.2, -0.15) is 0 Å². The Labute approximate surface area is 406 Å². The summed E-state index contributed by atoms with van der Waals surface area (Å²) in [5.41, 5.74) is 14.6. The van der Waals surface area contributed by atoms with Crippen LogP contribution in [0.3, 0.4) is 0 Å². The van der Waals surface area contributed by atoms with Crippen LogP contribution in [0.5, 0.6) is 0 Å². The smallest absolute Gasteiger partial charge is 0.0775 e. The van der Waals surface area contributed by atoms with Crippen LogP contribution >= 0.6 is 0 Å². The molecule has 0 aliphatic rings. The van der Waals surface area contributed by atoms with E-state index in [0.29, 0.717) is 11.8 Å². The molecule has 0 bridgehead atoms. The van der Waals surface area contributed by atoms with E-state index in [0.717, 1.165) is 11.4 Å². The van der Waals surface area contributed by atoms with Gasteiger partial charge in [-0.15, -0.1) is 0 Å². The van der Waals surface area contributed by atoms with Crippen LogP contribution in [0.2, 0.25) is 39.3 Å². The lowest BCUT2D eigenvalue weighted by Crippen LogP contribution is -2.37. The molecule has 0 N–H and O–H groups in total. The largest absolute Gasteiger partial charge is 0.310 e. The highest BCUT2D eigenvalue weighted by Crippen LogP contribution is 2.51. The lowest BCUT2D eigenvalue weighted by Gasteiger charge is -2.32. The molecule has 0 unspecified atom stereocenters. The Balaban J connectivity index is 1.25. The second-order valence-corrected chi connectivity index (χ2v) is 31.6. The molecule has 10 aromatic rings. The molecule has 0 saturated heterocycles. The van der Waals surface area contributed by atoms with E-state index in [-0.39, 0.29) is 0 Å². The van der Waals surface area contributed by atoms with Gasteiger partial charge in [0.15, 0.2) is 0 Å². The van der Waals surface area contributed by atoms with Crippen molar-refractivity contribution in [3.63, 3.8) is 0 Å². The molecule has 0 aliphatic carbocycles. The Morgan fingerprint density at radius 2 is 0.588 bits per heavy atom. The van der Waals surface area contributed by atoms with Crippen LogP contribution in [0.1, 0.15) is 50.7 Å². The molecule has 10 aromatic carbocycles. The number of rotatable bonds is 12. The van der Waals surface area contributed by atoms with Crippen molar-refractivity contribution in [2.75, 3.05) is 9.80 Å². The van der Waals surface area contributed by atoms with Crippen LogP contribution in [0.25, 0.3) is 54.6 Å². The van der Waals surface area contributed by atoms with Gasteiger partial charge in [0.05, 0.1) is 27.5 Å². The van der Waals surface area contributed by atoms with Gasteiger partial charge in [0.1, 0.15) is 0 Å². The van der Waals surface area contributed by atoms with Crippen LogP contribution in [0, 0.1) is 0 Å². The number of hydrogen-bond donors (Lipinski definition) is 0. The van der Waals surface area contributed by atoms with Crippen LogP contribution in [-0.4, -0.2) is 16.1 Å². The number of anilines is 6. The first kappa shape index (κ1) is 45.1. The Morgan fingerprint density at radius 1 is 0.309 bits per heavy atom. The Kier molecular flexibility index (Phi) is 11.8. The zero-order chi connectivity index (χ0) is 47.5. The van der Waals surface area contributed by atoms with Gasteiger partial charge >= 0.3 is 0 Å². The minimum absolute atomic E-state index is 0.295. The molecule has 68 heavy (non-hydrogen) atoms. The summed E-state index contributed by atoms with van der Waals surface area (Å²) in [6, 6.07) is 73.4. The SMILES string of the molecule is CC(C)c1cc(N(c2ccc(-c3ccccc3)cc2)c2ccc([Si](C)(C)C)cc2)c2ccc3c(C(C)C)cc(N(c4ccc(-c5ccccc5)cc4)c4ccc([Si](C)(C)C)cc4)c4ccc1c2c34. The summed E-state index contributed by atoms with van der Waals surface area (Å²) in [5, 5.41) is 10.8. The fourth-order valence-electron chi connectivity index (χ4n) is 10.3. The molecule has 4 heteroatoms. The summed E-state index contributed by atoms with van der Waals surface area (Å²) in [6.45, 7) is 24.0. The van der Waals surface area contributed by atoms with Crippen LogP contribution < -0.4 is 20.2 Å². The van der Waals surface area contributed by atoms with Crippen molar-refractivity contribution < 1.29 is 0 Å². The fraction of sp³-hybridized carbons (Fsp3) is 0.188. The van der Waals surface area contributed by atoms with Crippen molar-refractivity contribution in [3.8, 4) is 22.3 Å². The van der Waals surface area contributed by atoms with E-state index >= 15 is 0 Å². The highest BCUT2D eigenvalue weighted by atomic mass is 28.3. The third kappa shape index (κ3) is 8.35. The van der Waals surface area contributed by atoms with E-state index < -0.39 is 16.1 Å². The van der Waals surface area contributed by atoms with Crippen molar-refractivity contribution in [1.82, 2.24) is 0 Å². The molecule has 0 aliphatic heterocycles. The monoisotopic (exact) mass is 916 g/mol. The molecule has 0 fully saturated rings. The standard InChI is InChI=1S/C64H64N2Si2/c1-43(2)59-41-61(65(51-29-33-53(34-30-51)67(5,6)7)49-25-21-47(22-26-49)45-17-13-11-14-18-45)57-40-38-56-60(44(3)4)42-62(58-39-37-55(59)63(57)64(56)58)66(52-31-35-54(36-32-52)68(8,9)10)50-27-23-48(24-28-50)46-19-15-12-16-20-46/h11-44H,1-10H3. The normalized spacial score (nSPS) is 12.2. The molecule has 0 saturated carbocycles. The number of hydrogen-bond acceptors (Lipinski definition) is 2. The van der Waals surface area contributed by atoms with Crippen molar-refractivity contribution in [3.05, 3.63) is 205 Å². The Bertz CT molecular complexity index is 3130. The highest BCUT2D eigenvalue weighted by molar-refractivity contribution is 6.89. The van der Waals surface area contributed by atoms with Gasteiger partial charge in [-0.25, -0.2) is 0 Å². The van der Waals surface area contributed by atoms with Crippen LogP contribution in [0.4, 0.5) is 34.1 Å². The Morgan fingerprint density at radius 3 is 0.882 bits per heavy atom. The molecule has 2 nitrogen and oxygen atoms in total. The quantitative estimate of drug-likeness (QED) is 0.0890. The molecule has 0 spiro atoms. The predicted octanol–water partition coefficient (Wildman–Crippen LogP) is 18.2. The van der Waals surface area contributed by atoms with Crippen molar-refractivity contribution in [2.24, 2.45) is 0 Å². The van der Waals surface area contributed by atoms with Gasteiger partial charge < -0.3 is 9.80 Å². The first-order valence-corrected chi connectivity index (χ1v) is 31.6. The topological polar surface area (TPSA) is 6.48 Å². The molecule has 338 valence electrons. The van der Waals surface area contributed by atoms with Crippen molar-refractivity contribution in [1.29, 1.82) is 0 Å². The average molecular weight is 917 g/mol. The van der Waals surface area contributed by atoms with E-state index in [4.69, 9.17) is 0 Å². The summed E-state index contributed by atoms with van der Waals surface area (Å²) < 4.78 is 0. The maximum atomic E-state index is 2.52. The lowest BCUT2D eigenvalue weighted by molar-refractivity contribution is 0.875. The lowest BCUT2D eigenvalue weighted by atomic mass is 9.84. The van der Waals surface area contributed by atoms with Gasteiger partial charge in [-0.05, 0) is 127 Å². The van der Waals surface area contributed by atoms with Gasteiger partial charge in [0.2, 0.25) is 0 Å². The summed E-state index contributed by atoms with van der Waals surface area (Å²) in [7, 11) is -3.07. The summed E-state index contributed by atoms with van der Waals surface area (Å²) >= 11 is 0. The van der Waals surface area contributed by atoms with E-state index in [9.17, 15) is 0 Å². The minimum atomic E-state index is -1.54. The predicted molar refractivity (Wildman–Crippen MR) is 305 cm³/mol. The summed E-state index contributed by atoms with van der Waals surface area (Å²) in [4.78, 5) is 5.04. The first-order chi connectivity index (χ1) is 32.7. The van der Waals surface area contributed by atoms with E-state index in [1.807, 2.05) is 0 Å². The maximum Gasteiger partial charge on any atom is 0.0775 e. The third-order valence-electron chi connectivity index (χ3n) is 14.1. The molecule has 0 amide bonds. The molecular weight excluding hydrogens is 853 g/mol. The van der Waals surface area contributed by atoms with Crippen LogP contribution in [-0.2, 0) is 0 Å².